The van der Waals surface area contributed by atoms with E-state index in [4.69, 9.17) is 0 Å². The molecular formula is C13H19N5O2. The van der Waals surface area contributed by atoms with Crippen LogP contribution >= 0.6 is 0 Å². The molecule has 1 aromatic rings. The van der Waals surface area contributed by atoms with Crippen molar-refractivity contribution in [1.29, 1.82) is 0 Å². The number of carbonyl (C=O) groups excluding carboxylic acids is 2. The molecule has 2 aliphatic rings. The molecule has 7 nitrogen and oxygen atoms in total. The first-order chi connectivity index (χ1) is 9.63. The molecule has 2 fully saturated rings. The monoisotopic (exact) mass is 277 g/mol. The molecule has 20 heavy (non-hydrogen) atoms. The number of aromatic amines is 1. The molecule has 2 amide bonds. The summed E-state index contributed by atoms with van der Waals surface area (Å²) in [5, 5.41) is 9.77. The Kier molecular flexibility index (Phi) is 3.42. The fraction of sp³-hybridized carbons (Fsp3) is 0.692. The summed E-state index contributed by atoms with van der Waals surface area (Å²) in [5.41, 5.74) is 0. The van der Waals surface area contributed by atoms with E-state index < -0.39 is 0 Å². The molecule has 0 aromatic carbocycles. The molecule has 0 bridgehead atoms. The summed E-state index contributed by atoms with van der Waals surface area (Å²) in [7, 11) is 0. The maximum Gasteiger partial charge on any atom is 0.293 e. The van der Waals surface area contributed by atoms with Gasteiger partial charge < -0.3 is 10.2 Å². The molecule has 1 aromatic heterocycles. The smallest absolute Gasteiger partial charge is 0.293 e. The number of carbonyl (C=O) groups is 2. The van der Waals surface area contributed by atoms with Crippen molar-refractivity contribution in [3.63, 3.8) is 0 Å². The summed E-state index contributed by atoms with van der Waals surface area (Å²) in [6, 6.07) is 0.172. The van der Waals surface area contributed by atoms with Gasteiger partial charge in [-0.05, 0) is 25.7 Å². The molecule has 0 spiro atoms. The van der Waals surface area contributed by atoms with Crippen LogP contribution in [0.5, 0.6) is 0 Å². The minimum absolute atomic E-state index is 0.0159. The summed E-state index contributed by atoms with van der Waals surface area (Å²) < 4.78 is 0. The number of amides is 2. The van der Waals surface area contributed by atoms with Gasteiger partial charge in [0, 0.05) is 32.0 Å². The van der Waals surface area contributed by atoms with Crippen LogP contribution in [0.15, 0.2) is 0 Å². The first-order valence-corrected chi connectivity index (χ1v) is 7.12. The second-order valence-corrected chi connectivity index (χ2v) is 5.59. The maximum absolute atomic E-state index is 12.3. The second kappa shape index (κ2) is 5.22. The van der Waals surface area contributed by atoms with Crippen molar-refractivity contribution in [2.45, 2.75) is 44.6 Å². The lowest BCUT2D eigenvalue weighted by atomic mass is 10.0. The zero-order valence-electron chi connectivity index (χ0n) is 11.6. The van der Waals surface area contributed by atoms with Gasteiger partial charge in [0.05, 0.1) is 0 Å². The van der Waals surface area contributed by atoms with Crippen molar-refractivity contribution in [1.82, 2.24) is 25.4 Å². The van der Waals surface area contributed by atoms with Crippen molar-refractivity contribution < 1.29 is 9.59 Å². The molecule has 2 N–H and O–H groups in total. The Labute approximate surface area is 117 Å². The minimum atomic E-state index is -0.116. The average Bonchev–Trinajstić information content (AvgIpc) is 3.16. The third-order valence-corrected chi connectivity index (χ3v) is 3.85. The minimum Gasteiger partial charge on any atom is -0.353 e. The maximum atomic E-state index is 12.3. The molecule has 0 atom stereocenters. The number of piperidine rings is 1. The second-order valence-electron chi connectivity index (χ2n) is 5.59. The van der Waals surface area contributed by atoms with E-state index in [1.165, 1.54) is 6.92 Å². The summed E-state index contributed by atoms with van der Waals surface area (Å²) in [6.45, 7) is 2.79. The van der Waals surface area contributed by atoms with Gasteiger partial charge >= 0.3 is 0 Å². The molecule has 1 aliphatic carbocycles. The van der Waals surface area contributed by atoms with Crippen molar-refractivity contribution in [2.24, 2.45) is 0 Å². The lowest BCUT2D eigenvalue weighted by Crippen LogP contribution is -2.46. The van der Waals surface area contributed by atoms with Crippen LogP contribution in [0.3, 0.4) is 0 Å². The molecule has 1 saturated heterocycles. The molecular weight excluding hydrogens is 258 g/mol. The third-order valence-electron chi connectivity index (χ3n) is 3.85. The van der Waals surface area contributed by atoms with Crippen LogP contribution in [0.2, 0.25) is 0 Å². The molecule has 1 aliphatic heterocycles. The number of nitrogens with zero attached hydrogens (tertiary/aromatic N) is 3. The van der Waals surface area contributed by atoms with Crippen LogP contribution < -0.4 is 5.32 Å². The Hall–Kier alpha value is -1.92. The molecule has 1 saturated carbocycles. The molecule has 0 unspecified atom stereocenters. The van der Waals surface area contributed by atoms with E-state index in [1.807, 2.05) is 0 Å². The fourth-order valence-electron chi connectivity index (χ4n) is 2.57. The summed E-state index contributed by atoms with van der Waals surface area (Å²) in [6.07, 6.45) is 3.83. The lowest BCUT2D eigenvalue weighted by Gasteiger charge is -2.31. The number of likely N-dealkylation sites (tertiary alicyclic amines) is 1. The number of rotatable bonds is 3. The standard InChI is InChI=1S/C13H19N5O2/c1-8(19)14-10-4-6-18(7-5-10)13(20)12-15-11(16-17-12)9-2-3-9/h9-10H,2-7H2,1H3,(H,14,19)(H,15,16,17). The SMILES string of the molecule is CC(=O)NC1CCN(C(=O)c2n[nH]c(C3CC3)n2)CC1. The van der Waals surface area contributed by atoms with Gasteiger partial charge in [-0.15, -0.1) is 5.10 Å². The Morgan fingerprint density at radius 3 is 2.55 bits per heavy atom. The van der Waals surface area contributed by atoms with Crippen LogP contribution in [0.25, 0.3) is 0 Å². The normalized spacial score (nSPS) is 19.9. The van der Waals surface area contributed by atoms with Gasteiger partial charge in [0.15, 0.2) is 0 Å². The van der Waals surface area contributed by atoms with Crippen molar-refractivity contribution in [3.8, 4) is 0 Å². The largest absolute Gasteiger partial charge is 0.353 e. The predicted octanol–water partition coefficient (Wildman–Crippen LogP) is 0.423. The molecule has 3 rings (SSSR count). The van der Waals surface area contributed by atoms with Crippen LogP contribution in [0.4, 0.5) is 0 Å². The molecule has 2 heterocycles. The number of aromatic nitrogens is 3. The van der Waals surface area contributed by atoms with E-state index in [9.17, 15) is 9.59 Å². The summed E-state index contributed by atoms with van der Waals surface area (Å²) in [5.74, 6) is 1.44. The predicted molar refractivity (Wildman–Crippen MR) is 71.1 cm³/mol. The van der Waals surface area contributed by atoms with Crippen LogP contribution in [-0.2, 0) is 4.79 Å². The van der Waals surface area contributed by atoms with E-state index in [0.29, 0.717) is 19.0 Å². The van der Waals surface area contributed by atoms with E-state index in [1.54, 1.807) is 4.90 Å². The van der Waals surface area contributed by atoms with Gasteiger partial charge in [-0.2, -0.15) is 0 Å². The van der Waals surface area contributed by atoms with Gasteiger partial charge in [-0.25, -0.2) is 4.98 Å². The van der Waals surface area contributed by atoms with Crippen molar-refractivity contribution in [2.75, 3.05) is 13.1 Å². The van der Waals surface area contributed by atoms with Gasteiger partial charge in [0.2, 0.25) is 11.7 Å². The van der Waals surface area contributed by atoms with E-state index in [-0.39, 0.29) is 23.7 Å². The Bertz CT molecular complexity index is 515. The quantitative estimate of drug-likeness (QED) is 0.838. The highest BCUT2D eigenvalue weighted by atomic mass is 16.2. The number of nitrogens with one attached hydrogen (secondary N) is 2. The Balaban J connectivity index is 1.56. The third kappa shape index (κ3) is 2.81. The van der Waals surface area contributed by atoms with E-state index in [0.717, 1.165) is 31.5 Å². The van der Waals surface area contributed by atoms with Crippen molar-refractivity contribution >= 4 is 11.8 Å². The number of H-pyrrole nitrogens is 1. The van der Waals surface area contributed by atoms with Crippen LogP contribution in [0, 0.1) is 0 Å². The van der Waals surface area contributed by atoms with E-state index in [2.05, 4.69) is 20.5 Å². The highest BCUT2D eigenvalue weighted by Gasteiger charge is 2.30. The first-order valence-electron chi connectivity index (χ1n) is 7.12. The molecule has 7 heteroatoms. The first kappa shape index (κ1) is 13.1. The van der Waals surface area contributed by atoms with Crippen molar-refractivity contribution in [3.05, 3.63) is 11.6 Å². The van der Waals surface area contributed by atoms with Crippen LogP contribution in [0.1, 0.15) is 55.0 Å². The van der Waals surface area contributed by atoms with Crippen LogP contribution in [-0.4, -0.2) is 51.0 Å². The van der Waals surface area contributed by atoms with Gasteiger partial charge in [-0.3, -0.25) is 14.7 Å². The zero-order valence-corrected chi connectivity index (χ0v) is 11.6. The fourth-order valence-corrected chi connectivity index (χ4v) is 2.57. The van der Waals surface area contributed by atoms with Gasteiger partial charge in [0.25, 0.3) is 5.91 Å². The lowest BCUT2D eigenvalue weighted by molar-refractivity contribution is -0.119. The Morgan fingerprint density at radius 2 is 1.95 bits per heavy atom. The highest BCUT2D eigenvalue weighted by Crippen LogP contribution is 2.37. The van der Waals surface area contributed by atoms with Gasteiger partial charge in [0.1, 0.15) is 5.82 Å². The van der Waals surface area contributed by atoms with E-state index >= 15 is 0 Å². The zero-order chi connectivity index (χ0) is 14.1. The molecule has 0 radical (unpaired) electrons. The average molecular weight is 277 g/mol. The highest BCUT2D eigenvalue weighted by molar-refractivity contribution is 5.90. The summed E-state index contributed by atoms with van der Waals surface area (Å²) >= 11 is 0. The number of hydrogen-bond acceptors (Lipinski definition) is 4. The summed E-state index contributed by atoms with van der Waals surface area (Å²) in [4.78, 5) is 29.3. The number of hydrogen-bond donors (Lipinski definition) is 2. The Morgan fingerprint density at radius 1 is 1.25 bits per heavy atom. The topological polar surface area (TPSA) is 91.0 Å². The molecule has 108 valence electrons. The van der Waals surface area contributed by atoms with Gasteiger partial charge in [-0.1, -0.05) is 0 Å².